The lowest BCUT2D eigenvalue weighted by molar-refractivity contribution is 0.0698. The van der Waals surface area contributed by atoms with Crippen LogP contribution in [0.25, 0.3) is 10.9 Å². The smallest absolute Gasteiger partial charge is 0.339 e. The maximum Gasteiger partial charge on any atom is 0.339 e. The Morgan fingerprint density at radius 1 is 1.50 bits per heavy atom. The number of fused-ring (bicyclic) bond motifs is 1. The fourth-order valence-corrected chi connectivity index (χ4v) is 1.67. The fourth-order valence-electron chi connectivity index (χ4n) is 1.67. The van der Waals surface area contributed by atoms with Crippen molar-refractivity contribution in [1.82, 2.24) is 4.98 Å². The Labute approximate surface area is 104 Å². The van der Waals surface area contributed by atoms with Gasteiger partial charge in [-0.1, -0.05) is 6.92 Å². The first-order valence-corrected chi connectivity index (χ1v) is 5.67. The molecule has 0 atom stereocenters. The van der Waals surface area contributed by atoms with E-state index < -0.39 is 5.97 Å². The maximum absolute atomic E-state index is 11.0. The number of carboxylic acids is 1. The minimum absolute atomic E-state index is 0.00939. The fraction of sp³-hybridized carbons (Fsp3) is 0.231. The van der Waals surface area contributed by atoms with Crippen LogP contribution in [0.3, 0.4) is 0 Å². The van der Waals surface area contributed by atoms with Crippen LogP contribution in [0.15, 0.2) is 24.4 Å². The molecule has 0 saturated carbocycles. The third kappa shape index (κ3) is 2.20. The molecule has 5 nitrogen and oxygen atoms in total. The Morgan fingerprint density at radius 2 is 2.28 bits per heavy atom. The van der Waals surface area contributed by atoms with E-state index >= 15 is 0 Å². The van der Waals surface area contributed by atoms with Gasteiger partial charge in [0, 0.05) is 11.6 Å². The van der Waals surface area contributed by atoms with Crippen LogP contribution in [0.4, 0.5) is 5.69 Å². The maximum atomic E-state index is 11.0. The van der Waals surface area contributed by atoms with E-state index in [0.717, 1.165) is 6.42 Å². The topological polar surface area (TPSA) is 85.4 Å². The van der Waals surface area contributed by atoms with Crippen molar-refractivity contribution in [2.75, 3.05) is 12.3 Å². The summed E-state index contributed by atoms with van der Waals surface area (Å²) in [5.74, 6) is -0.415. The zero-order valence-corrected chi connectivity index (χ0v) is 10.0. The zero-order chi connectivity index (χ0) is 13.1. The van der Waals surface area contributed by atoms with Gasteiger partial charge in [-0.3, -0.25) is 4.98 Å². The third-order valence-electron chi connectivity index (χ3n) is 2.58. The van der Waals surface area contributed by atoms with Crippen molar-refractivity contribution in [3.05, 3.63) is 30.0 Å². The first kappa shape index (κ1) is 12.2. The Kier molecular flexibility index (Phi) is 3.32. The SMILES string of the molecule is CCCOc1ccc2ncc(C(=O)O)c(N)c2c1. The van der Waals surface area contributed by atoms with Gasteiger partial charge in [-0.15, -0.1) is 0 Å². The van der Waals surface area contributed by atoms with Crippen LogP contribution in [0, 0.1) is 0 Å². The van der Waals surface area contributed by atoms with Crippen LogP contribution >= 0.6 is 0 Å². The van der Waals surface area contributed by atoms with Gasteiger partial charge in [0.25, 0.3) is 0 Å². The second-order valence-corrected chi connectivity index (χ2v) is 3.92. The van der Waals surface area contributed by atoms with Gasteiger partial charge in [0.05, 0.1) is 17.8 Å². The van der Waals surface area contributed by atoms with Crippen molar-refractivity contribution >= 4 is 22.6 Å². The number of carbonyl (C=O) groups is 1. The monoisotopic (exact) mass is 246 g/mol. The molecule has 2 rings (SSSR count). The average molecular weight is 246 g/mol. The number of ether oxygens (including phenoxy) is 1. The van der Waals surface area contributed by atoms with Crippen LogP contribution in [-0.4, -0.2) is 22.7 Å². The van der Waals surface area contributed by atoms with E-state index in [-0.39, 0.29) is 11.3 Å². The van der Waals surface area contributed by atoms with Gasteiger partial charge < -0.3 is 15.6 Å². The minimum atomic E-state index is -1.08. The molecule has 0 radical (unpaired) electrons. The zero-order valence-electron chi connectivity index (χ0n) is 10.0. The van der Waals surface area contributed by atoms with E-state index in [1.807, 2.05) is 6.92 Å². The molecule has 2 aromatic rings. The molecule has 1 heterocycles. The van der Waals surface area contributed by atoms with Crippen molar-refractivity contribution in [2.45, 2.75) is 13.3 Å². The summed E-state index contributed by atoms with van der Waals surface area (Å²) in [6, 6.07) is 5.28. The second kappa shape index (κ2) is 4.91. The summed E-state index contributed by atoms with van der Waals surface area (Å²) in [6.45, 7) is 2.62. The molecule has 0 fully saturated rings. The first-order chi connectivity index (χ1) is 8.63. The van der Waals surface area contributed by atoms with Gasteiger partial charge in [-0.05, 0) is 24.6 Å². The molecule has 94 valence electrons. The van der Waals surface area contributed by atoms with Gasteiger partial charge in [0.2, 0.25) is 0 Å². The first-order valence-electron chi connectivity index (χ1n) is 5.67. The van der Waals surface area contributed by atoms with Crippen LogP contribution in [-0.2, 0) is 0 Å². The number of hydrogen-bond donors (Lipinski definition) is 2. The van der Waals surface area contributed by atoms with Crippen molar-refractivity contribution < 1.29 is 14.6 Å². The number of aromatic nitrogens is 1. The molecule has 0 saturated heterocycles. The number of rotatable bonds is 4. The Morgan fingerprint density at radius 3 is 2.94 bits per heavy atom. The summed E-state index contributed by atoms with van der Waals surface area (Å²) >= 11 is 0. The van der Waals surface area contributed by atoms with E-state index in [1.54, 1.807) is 18.2 Å². The van der Waals surface area contributed by atoms with Crippen LogP contribution in [0.1, 0.15) is 23.7 Å². The molecule has 0 spiro atoms. The summed E-state index contributed by atoms with van der Waals surface area (Å²) in [5.41, 5.74) is 6.72. The van der Waals surface area contributed by atoms with Gasteiger partial charge in [-0.2, -0.15) is 0 Å². The number of pyridine rings is 1. The number of hydrogen-bond acceptors (Lipinski definition) is 4. The predicted molar refractivity (Wildman–Crippen MR) is 68.9 cm³/mol. The predicted octanol–water partition coefficient (Wildman–Crippen LogP) is 2.30. The summed E-state index contributed by atoms with van der Waals surface area (Å²) in [5, 5.41) is 9.59. The van der Waals surface area contributed by atoms with E-state index in [4.69, 9.17) is 15.6 Å². The van der Waals surface area contributed by atoms with E-state index in [9.17, 15) is 4.79 Å². The second-order valence-electron chi connectivity index (χ2n) is 3.92. The van der Waals surface area contributed by atoms with Crippen LogP contribution in [0.5, 0.6) is 5.75 Å². The van der Waals surface area contributed by atoms with Crippen molar-refractivity contribution in [1.29, 1.82) is 0 Å². The number of carboxylic acid groups (broad SMARTS) is 1. The largest absolute Gasteiger partial charge is 0.494 e. The molecule has 1 aromatic carbocycles. The van der Waals surface area contributed by atoms with Crippen LogP contribution in [0.2, 0.25) is 0 Å². The molecule has 1 aromatic heterocycles. The highest BCUT2D eigenvalue weighted by molar-refractivity contribution is 6.03. The highest BCUT2D eigenvalue weighted by atomic mass is 16.5. The highest BCUT2D eigenvalue weighted by Gasteiger charge is 2.12. The molecule has 0 amide bonds. The number of nitrogens with zero attached hydrogens (tertiary/aromatic N) is 1. The lowest BCUT2D eigenvalue weighted by Crippen LogP contribution is -2.04. The van der Waals surface area contributed by atoms with Gasteiger partial charge in [0.15, 0.2) is 0 Å². The molecular weight excluding hydrogens is 232 g/mol. The summed E-state index contributed by atoms with van der Waals surface area (Å²) in [7, 11) is 0. The molecule has 0 bridgehead atoms. The van der Waals surface area contributed by atoms with Gasteiger partial charge >= 0.3 is 5.97 Å². The number of benzene rings is 1. The number of aromatic carboxylic acids is 1. The summed E-state index contributed by atoms with van der Waals surface area (Å²) < 4.78 is 5.49. The summed E-state index contributed by atoms with van der Waals surface area (Å²) in [4.78, 5) is 15.0. The minimum Gasteiger partial charge on any atom is -0.494 e. The lowest BCUT2D eigenvalue weighted by Gasteiger charge is -2.08. The molecule has 0 aliphatic rings. The molecule has 18 heavy (non-hydrogen) atoms. The Hall–Kier alpha value is -2.30. The number of nitrogens with two attached hydrogens (primary N) is 1. The van der Waals surface area contributed by atoms with Crippen molar-refractivity contribution in [3.63, 3.8) is 0 Å². The number of anilines is 1. The quantitative estimate of drug-likeness (QED) is 0.864. The van der Waals surface area contributed by atoms with E-state index in [1.165, 1.54) is 6.20 Å². The normalized spacial score (nSPS) is 10.5. The molecule has 0 aliphatic heterocycles. The molecular formula is C13H14N2O3. The Bertz CT molecular complexity index is 596. The molecule has 0 aliphatic carbocycles. The third-order valence-corrected chi connectivity index (χ3v) is 2.58. The van der Waals surface area contributed by atoms with Crippen molar-refractivity contribution in [2.24, 2.45) is 0 Å². The molecule has 0 unspecified atom stereocenters. The van der Waals surface area contributed by atoms with E-state index in [2.05, 4.69) is 4.98 Å². The molecule has 3 N–H and O–H groups in total. The standard InChI is InChI=1S/C13H14N2O3/c1-2-5-18-8-3-4-11-9(6-8)12(14)10(7-15-11)13(16)17/h3-4,6-7H,2,5H2,1H3,(H2,14,15)(H,16,17). The lowest BCUT2D eigenvalue weighted by atomic mass is 10.1. The average Bonchev–Trinajstić information content (AvgIpc) is 2.36. The van der Waals surface area contributed by atoms with Crippen LogP contribution < -0.4 is 10.5 Å². The summed E-state index contributed by atoms with van der Waals surface area (Å²) in [6.07, 6.45) is 2.17. The Balaban J connectivity index is 2.52. The van der Waals surface area contributed by atoms with E-state index in [0.29, 0.717) is 23.3 Å². The molecule has 5 heteroatoms. The van der Waals surface area contributed by atoms with Gasteiger partial charge in [-0.25, -0.2) is 4.79 Å². The highest BCUT2D eigenvalue weighted by Crippen LogP contribution is 2.27. The van der Waals surface area contributed by atoms with Gasteiger partial charge in [0.1, 0.15) is 11.3 Å². The van der Waals surface area contributed by atoms with Crippen molar-refractivity contribution in [3.8, 4) is 5.75 Å². The number of nitrogen functional groups attached to an aromatic ring is 1.